The lowest BCUT2D eigenvalue weighted by atomic mass is 10.0. The maximum atomic E-state index is 12.6. The number of nitrogens with zero attached hydrogens (tertiary/aromatic N) is 2. The molecule has 6 nitrogen and oxygen atoms in total. The fourth-order valence-electron chi connectivity index (χ4n) is 2.38. The third kappa shape index (κ3) is 5.90. The van der Waals surface area contributed by atoms with E-state index in [1.165, 1.54) is 18.9 Å². The standard InChI is InChI=1S/C20H23N3O3S/c1-6-14-11-15-12-16(7-8-17(15)21-13-14)26-19(27-5)18(24)23-20(2,3)9-10-22-25-4/h1,7-8,10-13,19H,9H2,2-5H3,(H,23,24)/b22-10+. The Morgan fingerprint density at radius 1 is 1.48 bits per heavy atom. The van der Waals surface area contributed by atoms with Gasteiger partial charge in [0, 0.05) is 35.3 Å². The molecular formula is C20H23N3O3S. The highest BCUT2D eigenvalue weighted by atomic mass is 32.2. The Morgan fingerprint density at radius 2 is 2.26 bits per heavy atom. The van der Waals surface area contributed by atoms with E-state index in [1.807, 2.05) is 38.3 Å². The molecule has 1 aromatic heterocycles. The zero-order valence-electron chi connectivity index (χ0n) is 15.9. The number of rotatable bonds is 8. The van der Waals surface area contributed by atoms with Crippen molar-refractivity contribution in [1.82, 2.24) is 10.3 Å². The van der Waals surface area contributed by atoms with E-state index >= 15 is 0 Å². The highest BCUT2D eigenvalue weighted by molar-refractivity contribution is 7.99. The molecule has 1 amide bonds. The third-order valence-corrected chi connectivity index (χ3v) is 4.47. The van der Waals surface area contributed by atoms with Crippen LogP contribution in [0.2, 0.25) is 0 Å². The number of hydrogen-bond donors (Lipinski definition) is 1. The minimum absolute atomic E-state index is 0.214. The van der Waals surface area contributed by atoms with Crippen molar-refractivity contribution in [2.24, 2.45) is 5.16 Å². The Bertz CT molecular complexity index is 874. The summed E-state index contributed by atoms with van der Waals surface area (Å²) < 4.78 is 5.89. The average molecular weight is 385 g/mol. The summed E-state index contributed by atoms with van der Waals surface area (Å²) in [6.45, 7) is 3.82. The lowest BCUT2D eigenvalue weighted by molar-refractivity contribution is -0.126. The fraction of sp³-hybridized carbons (Fsp3) is 0.350. The zero-order valence-corrected chi connectivity index (χ0v) is 16.7. The number of nitrogens with one attached hydrogen (secondary N) is 1. The molecule has 0 saturated heterocycles. The highest BCUT2D eigenvalue weighted by Crippen LogP contribution is 2.23. The molecule has 0 spiro atoms. The molecule has 2 rings (SSSR count). The van der Waals surface area contributed by atoms with Crippen LogP contribution in [-0.4, -0.2) is 41.4 Å². The minimum atomic E-state index is -0.690. The Hall–Kier alpha value is -2.72. The normalized spacial score (nSPS) is 12.6. The number of ether oxygens (including phenoxy) is 1. The van der Waals surface area contributed by atoms with Crippen molar-refractivity contribution in [2.45, 2.75) is 31.2 Å². The molecule has 0 aliphatic rings. The molecule has 1 N–H and O–H groups in total. The number of fused-ring (bicyclic) bond motifs is 1. The number of oxime groups is 1. The number of carbonyl (C=O) groups is 1. The molecule has 0 aliphatic heterocycles. The van der Waals surface area contributed by atoms with Gasteiger partial charge in [0.2, 0.25) is 5.44 Å². The second-order valence-corrected chi connectivity index (χ2v) is 7.36. The van der Waals surface area contributed by atoms with E-state index in [4.69, 9.17) is 11.2 Å². The van der Waals surface area contributed by atoms with Crippen molar-refractivity contribution in [1.29, 1.82) is 0 Å². The molecule has 0 bridgehead atoms. The van der Waals surface area contributed by atoms with Gasteiger partial charge >= 0.3 is 0 Å². The van der Waals surface area contributed by atoms with Crippen LogP contribution in [0, 0.1) is 12.3 Å². The second kappa shape index (κ2) is 9.28. The summed E-state index contributed by atoms with van der Waals surface area (Å²) in [5.41, 5.74) is 0.332. The van der Waals surface area contributed by atoms with Crippen LogP contribution in [0.5, 0.6) is 5.75 Å². The Kier molecular flexibility index (Phi) is 7.08. The van der Waals surface area contributed by atoms with Crippen LogP contribution in [0.4, 0.5) is 0 Å². The third-order valence-electron chi connectivity index (χ3n) is 3.73. The summed E-state index contributed by atoms with van der Waals surface area (Å²) in [4.78, 5) is 21.6. The van der Waals surface area contributed by atoms with E-state index in [-0.39, 0.29) is 5.91 Å². The quantitative estimate of drug-likeness (QED) is 0.327. The number of benzene rings is 1. The van der Waals surface area contributed by atoms with Crippen molar-refractivity contribution in [2.75, 3.05) is 13.4 Å². The van der Waals surface area contributed by atoms with Crippen molar-refractivity contribution >= 4 is 34.8 Å². The van der Waals surface area contributed by atoms with Crippen LogP contribution in [-0.2, 0) is 9.63 Å². The van der Waals surface area contributed by atoms with E-state index < -0.39 is 11.0 Å². The average Bonchev–Trinajstić information content (AvgIpc) is 2.65. The highest BCUT2D eigenvalue weighted by Gasteiger charge is 2.26. The molecule has 1 unspecified atom stereocenters. The van der Waals surface area contributed by atoms with Crippen molar-refractivity contribution in [3.8, 4) is 18.1 Å². The first-order valence-electron chi connectivity index (χ1n) is 8.31. The number of pyridine rings is 1. The Morgan fingerprint density at radius 3 is 2.93 bits per heavy atom. The molecule has 0 aliphatic carbocycles. The summed E-state index contributed by atoms with van der Waals surface area (Å²) in [5, 5.41) is 7.54. The number of thioether (sulfide) groups is 1. The number of aromatic nitrogens is 1. The number of carbonyl (C=O) groups excluding carboxylic acids is 1. The van der Waals surface area contributed by atoms with Crippen LogP contribution in [0.25, 0.3) is 10.9 Å². The van der Waals surface area contributed by atoms with Gasteiger partial charge in [-0.2, -0.15) is 0 Å². The van der Waals surface area contributed by atoms with E-state index in [2.05, 4.69) is 26.2 Å². The molecule has 2 aromatic rings. The molecule has 0 radical (unpaired) electrons. The van der Waals surface area contributed by atoms with E-state index in [1.54, 1.807) is 18.5 Å². The summed E-state index contributed by atoms with van der Waals surface area (Å²) >= 11 is 1.31. The van der Waals surface area contributed by atoms with Gasteiger partial charge in [0.05, 0.1) is 5.52 Å². The number of terminal acetylenes is 1. The molecule has 1 aromatic carbocycles. The fourth-order valence-corrected chi connectivity index (χ4v) is 2.86. The van der Waals surface area contributed by atoms with Gasteiger partial charge in [-0.15, -0.1) is 18.2 Å². The van der Waals surface area contributed by atoms with Crippen LogP contribution in [0.3, 0.4) is 0 Å². The van der Waals surface area contributed by atoms with Gasteiger partial charge in [0.25, 0.3) is 5.91 Å². The van der Waals surface area contributed by atoms with E-state index in [0.29, 0.717) is 17.7 Å². The molecule has 0 fully saturated rings. The molecule has 1 heterocycles. The predicted octanol–water partition coefficient (Wildman–Crippen LogP) is 3.20. The molecule has 0 saturated carbocycles. The maximum absolute atomic E-state index is 12.6. The van der Waals surface area contributed by atoms with Crippen molar-refractivity contribution in [3.05, 3.63) is 36.0 Å². The SMILES string of the molecule is C#Cc1cnc2ccc(OC(SC)C(=O)NC(C)(C)C/C=N/OC)cc2c1. The minimum Gasteiger partial charge on any atom is -0.470 e. The van der Waals surface area contributed by atoms with Gasteiger partial charge in [-0.25, -0.2) is 0 Å². The van der Waals surface area contributed by atoms with E-state index in [9.17, 15) is 4.79 Å². The molecule has 142 valence electrons. The number of amides is 1. The van der Waals surface area contributed by atoms with Gasteiger partial charge in [-0.1, -0.05) is 11.1 Å². The molecule has 1 atom stereocenters. The molecule has 7 heteroatoms. The Labute approximate surface area is 163 Å². The lowest BCUT2D eigenvalue weighted by Gasteiger charge is -2.27. The van der Waals surface area contributed by atoms with Crippen LogP contribution in [0.15, 0.2) is 35.6 Å². The smallest absolute Gasteiger partial charge is 0.272 e. The first-order valence-corrected chi connectivity index (χ1v) is 9.60. The van der Waals surface area contributed by atoms with Gasteiger partial charge < -0.3 is 14.9 Å². The van der Waals surface area contributed by atoms with Gasteiger partial charge in [-0.3, -0.25) is 9.78 Å². The topological polar surface area (TPSA) is 72.8 Å². The van der Waals surface area contributed by atoms with Crippen LogP contribution < -0.4 is 10.1 Å². The largest absolute Gasteiger partial charge is 0.470 e. The van der Waals surface area contributed by atoms with Crippen LogP contribution >= 0.6 is 11.8 Å². The summed E-state index contributed by atoms with van der Waals surface area (Å²) in [6, 6.07) is 7.32. The summed E-state index contributed by atoms with van der Waals surface area (Å²) in [7, 11) is 1.48. The lowest BCUT2D eigenvalue weighted by Crippen LogP contribution is -2.48. The number of hydrogen-bond acceptors (Lipinski definition) is 6. The zero-order chi connectivity index (χ0) is 19.9. The Balaban J connectivity index is 2.11. The van der Waals surface area contributed by atoms with Crippen LogP contribution in [0.1, 0.15) is 25.8 Å². The second-order valence-electron chi connectivity index (χ2n) is 6.46. The van der Waals surface area contributed by atoms with Crippen molar-refractivity contribution in [3.63, 3.8) is 0 Å². The monoisotopic (exact) mass is 385 g/mol. The first kappa shape index (κ1) is 20.6. The van der Waals surface area contributed by atoms with E-state index in [0.717, 1.165) is 10.9 Å². The summed E-state index contributed by atoms with van der Waals surface area (Å²) in [6.07, 6.45) is 11.1. The van der Waals surface area contributed by atoms with Crippen molar-refractivity contribution < 1.29 is 14.4 Å². The first-order chi connectivity index (χ1) is 12.9. The summed E-state index contributed by atoms with van der Waals surface area (Å²) in [5.74, 6) is 2.93. The maximum Gasteiger partial charge on any atom is 0.272 e. The predicted molar refractivity (Wildman–Crippen MR) is 110 cm³/mol. The molecule has 27 heavy (non-hydrogen) atoms. The van der Waals surface area contributed by atoms with Gasteiger partial charge in [0.1, 0.15) is 12.9 Å². The molecular weight excluding hydrogens is 362 g/mol. The van der Waals surface area contributed by atoms with Gasteiger partial charge in [-0.05, 0) is 44.4 Å². The van der Waals surface area contributed by atoms with Gasteiger partial charge in [0.15, 0.2) is 0 Å².